The fourth-order valence-electron chi connectivity index (χ4n) is 1.23. The summed E-state index contributed by atoms with van der Waals surface area (Å²) in [5.74, 6) is -1.18. The van der Waals surface area contributed by atoms with E-state index < -0.39 is 12.0 Å². The highest BCUT2D eigenvalue weighted by molar-refractivity contribution is 7.80. The molecule has 17 heavy (non-hydrogen) atoms. The molecule has 0 aliphatic carbocycles. The van der Waals surface area contributed by atoms with Gasteiger partial charge in [-0.05, 0) is 11.4 Å². The molecule has 94 valence electrons. The molecule has 1 aromatic rings. The van der Waals surface area contributed by atoms with Crippen molar-refractivity contribution < 1.29 is 14.7 Å². The molecule has 0 saturated heterocycles. The Kier molecular flexibility index (Phi) is 5.50. The minimum Gasteiger partial charge on any atom is -0.480 e. The van der Waals surface area contributed by atoms with E-state index in [0.717, 1.165) is 4.88 Å². The average Bonchev–Trinajstić information content (AvgIpc) is 2.79. The van der Waals surface area contributed by atoms with E-state index >= 15 is 0 Å². The van der Waals surface area contributed by atoms with Crippen LogP contribution >= 0.6 is 24.0 Å². The summed E-state index contributed by atoms with van der Waals surface area (Å²) in [5, 5.41) is 13.5. The van der Waals surface area contributed by atoms with Gasteiger partial charge in [0.2, 0.25) is 5.91 Å². The molecule has 6 heteroatoms. The standard InChI is InChI=1S/C11H15NO3S2/c1-7(6-16)10(13)12-9(11(14)15)5-8-3-2-4-17-8/h2-4,7,9,16H,5-6H2,1H3,(H,12,13)(H,14,15). The highest BCUT2D eigenvalue weighted by Crippen LogP contribution is 2.11. The summed E-state index contributed by atoms with van der Waals surface area (Å²) in [6.07, 6.45) is 0.317. The third-order valence-corrected chi connectivity index (χ3v) is 3.77. The predicted molar refractivity (Wildman–Crippen MR) is 70.6 cm³/mol. The van der Waals surface area contributed by atoms with Crippen LogP contribution in [0.1, 0.15) is 11.8 Å². The first-order valence-electron chi connectivity index (χ1n) is 5.21. The van der Waals surface area contributed by atoms with Crippen LogP contribution in [0.3, 0.4) is 0 Å². The summed E-state index contributed by atoms with van der Waals surface area (Å²) in [4.78, 5) is 23.6. The molecule has 1 aromatic heterocycles. The Morgan fingerprint density at radius 2 is 2.29 bits per heavy atom. The fraction of sp³-hybridized carbons (Fsp3) is 0.455. The van der Waals surface area contributed by atoms with E-state index in [1.165, 1.54) is 11.3 Å². The Morgan fingerprint density at radius 1 is 1.59 bits per heavy atom. The molecule has 1 rings (SSSR count). The number of amides is 1. The minimum atomic E-state index is -1.02. The maximum absolute atomic E-state index is 11.6. The third kappa shape index (κ3) is 4.40. The van der Waals surface area contributed by atoms with Crippen molar-refractivity contribution in [3.63, 3.8) is 0 Å². The van der Waals surface area contributed by atoms with Crippen LogP contribution in [-0.2, 0) is 16.0 Å². The Bertz CT molecular complexity index is 378. The number of carbonyl (C=O) groups is 2. The van der Waals surface area contributed by atoms with Crippen LogP contribution in [0.5, 0.6) is 0 Å². The minimum absolute atomic E-state index is 0.274. The summed E-state index contributed by atoms with van der Waals surface area (Å²) in [6.45, 7) is 1.71. The van der Waals surface area contributed by atoms with Crippen molar-refractivity contribution in [1.29, 1.82) is 0 Å². The number of aliphatic carboxylic acids is 1. The average molecular weight is 273 g/mol. The fourth-order valence-corrected chi connectivity index (χ4v) is 2.14. The molecule has 2 N–H and O–H groups in total. The van der Waals surface area contributed by atoms with Crippen LogP contribution in [0.4, 0.5) is 0 Å². The van der Waals surface area contributed by atoms with Crippen LogP contribution < -0.4 is 5.32 Å². The molecule has 1 heterocycles. The van der Waals surface area contributed by atoms with Gasteiger partial charge < -0.3 is 10.4 Å². The summed E-state index contributed by atoms with van der Waals surface area (Å²) >= 11 is 5.49. The van der Waals surface area contributed by atoms with Crippen molar-refractivity contribution in [2.45, 2.75) is 19.4 Å². The number of rotatable bonds is 6. The molecule has 0 aromatic carbocycles. The third-order valence-electron chi connectivity index (χ3n) is 2.32. The van der Waals surface area contributed by atoms with Gasteiger partial charge in [-0.25, -0.2) is 4.79 Å². The molecule has 2 atom stereocenters. The monoisotopic (exact) mass is 273 g/mol. The van der Waals surface area contributed by atoms with E-state index in [2.05, 4.69) is 17.9 Å². The topological polar surface area (TPSA) is 66.4 Å². The van der Waals surface area contributed by atoms with Gasteiger partial charge in [0, 0.05) is 23.0 Å². The second-order valence-electron chi connectivity index (χ2n) is 3.77. The van der Waals surface area contributed by atoms with Gasteiger partial charge in [-0.2, -0.15) is 12.6 Å². The number of nitrogens with one attached hydrogen (secondary N) is 1. The largest absolute Gasteiger partial charge is 0.480 e. The lowest BCUT2D eigenvalue weighted by Gasteiger charge is -2.16. The van der Waals surface area contributed by atoms with Crippen molar-refractivity contribution in [2.24, 2.45) is 5.92 Å². The van der Waals surface area contributed by atoms with E-state index in [1.807, 2.05) is 17.5 Å². The zero-order chi connectivity index (χ0) is 12.8. The summed E-state index contributed by atoms with van der Waals surface area (Å²) in [6, 6.07) is 2.84. The van der Waals surface area contributed by atoms with Gasteiger partial charge in [0.1, 0.15) is 6.04 Å². The summed E-state index contributed by atoms with van der Waals surface area (Å²) in [7, 11) is 0. The second-order valence-corrected chi connectivity index (χ2v) is 5.16. The molecular weight excluding hydrogens is 258 g/mol. The first kappa shape index (κ1) is 14.1. The Balaban J connectivity index is 2.61. The van der Waals surface area contributed by atoms with Crippen molar-refractivity contribution in [1.82, 2.24) is 5.32 Å². The van der Waals surface area contributed by atoms with Crippen LogP contribution in [0.15, 0.2) is 17.5 Å². The molecule has 1 amide bonds. The van der Waals surface area contributed by atoms with Crippen LogP contribution in [0.25, 0.3) is 0 Å². The summed E-state index contributed by atoms with van der Waals surface area (Å²) in [5.41, 5.74) is 0. The smallest absolute Gasteiger partial charge is 0.326 e. The molecule has 2 unspecified atom stereocenters. The quantitative estimate of drug-likeness (QED) is 0.687. The van der Waals surface area contributed by atoms with Crippen LogP contribution in [0.2, 0.25) is 0 Å². The van der Waals surface area contributed by atoms with E-state index in [-0.39, 0.29) is 11.8 Å². The highest BCUT2D eigenvalue weighted by atomic mass is 32.1. The van der Waals surface area contributed by atoms with Gasteiger partial charge in [-0.1, -0.05) is 13.0 Å². The van der Waals surface area contributed by atoms with Gasteiger partial charge in [0.15, 0.2) is 0 Å². The second kappa shape index (κ2) is 6.66. The van der Waals surface area contributed by atoms with Crippen LogP contribution in [-0.4, -0.2) is 28.8 Å². The van der Waals surface area contributed by atoms with Gasteiger partial charge in [0.05, 0.1) is 0 Å². The molecule has 0 aliphatic rings. The number of hydrogen-bond donors (Lipinski definition) is 3. The number of carboxylic acid groups (broad SMARTS) is 1. The number of hydrogen-bond acceptors (Lipinski definition) is 4. The molecule has 0 aliphatic heterocycles. The lowest BCUT2D eigenvalue weighted by Crippen LogP contribution is -2.44. The first-order chi connectivity index (χ1) is 8.04. The summed E-state index contributed by atoms with van der Waals surface area (Å²) < 4.78 is 0. The van der Waals surface area contributed by atoms with Crippen molar-refractivity contribution in [2.75, 3.05) is 5.75 Å². The van der Waals surface area contributed by atoms with E-state index in [0.29, 0.717) is 12.2 Å². The zero-order valence-electron chi connectivity index (χ0n) is 9.42. The molecule has 0 bridgehead atoms. The molecule has 0 saturated carbocycles. The maximum atomic E-state index is 11.6. The lowest BCUT2D eigenvalue weighted by atomic mass is 10.1. The van der Waals surface area contributed by atoms with Crippen molar-refractivity contribution in [3.05, 3.63) is 22.4 Å². The Morgan fingerprint density at radius 3 is 2.76 bits per heavy atom. The van der Waals surface area contributed by atoms with Crippen molar-refractivity contribution >= 4 is 35.8 Å². The van der Waals surface area contributed by atoms with E-state index in [4.69, 9.17) is 5.11 Å². The van der Waals surface area contributed by atoms with Gasteiger partial charge in [-0.3, -0.25) is 4.79 Å². The molecule has 4 nitrogen and oxygen atoms in total. The lowest BCUT2D eigenvalue weighted by molar-refractivity contribution is -0.142. The molecule has 0 spiro atoms. The van der Waals surface area contributed by atoms with E-state index in [9.17, 15) is 9.59 Å². The Hall–Kier alpha value is -1.01. The number of carbonyl (C=O) groups excluding carboxylic acids is 1. The SMILES string of the molecule is CC(CS)C(=O)NC(Cc1cccs1)C(=O)O. The highest BCUT2D eigenvalue weighted by Gasteiger charge is 2.22. The van der Waals surface area contributed by atoms with Gasteiger partial charge in [-0.15, -0.1) is 11.3 Å². The zero-order valence-corrected chi connectivity index (χ0v) is 11.1. The van der Waals surface area contributed by atoms with E-state index in [1.54, 1.807) is 6.92 Å². The molecular formula is C11H15NO3S2. The number of thiophene rings is 1. The molecule has 0 fully saturated rings. The maximum Gasteiger partial charge on any atom is 0.326 e. The van der Waals surface area contributed by atoms with Crippen molar-refractivity contribution in [3.8, 4) is 0 Å². The normalized spacial score (nSPS) is 14.0. The number of thiol groups is 1. The molecule has 0 radical (unpaired) electrons. The predicted octanol–water partition coefficient (Wildman–Crippen LogP) is 1.43. The number of carboxylic acids is 1. The Labute approximate surface area is 109 Å². The van der Waals surface area contributed by atoms with Crippen LogP contribution in [0, 0.1) is 5.92 Å². The van der Waals surface area contributed by atoms with Gasteiger partial charge in [0.25, 0.3) is 0 Å². The van der Waals surface area contributed by atoms with Gasteiger partial charge >= 0.3 is 5.97 Å². The first-order valence-corrected chi connectivity index (χ1v) is 6.72.